The molecule has 30 heavy (non-hydrogen) atoms. The Morgan fingerprint density at radius 1 is 1.00 bits per heavy atom. The fourth-order valence-electron chi connectivity index (χ4n) is 3.24. The Kier molecular flexibility index (Phi) is 6.77. The van der Waals surface area contributed by atoms with Gasteiger partial charge >= 0.3 is 0 Å². The van der Waals surface area contributed by atoms with Gasteiger partial charge in [-0.3, -0.25) is 9.59 Å². The van der Waals surface area contributed by atoms with Gasteiger partial charge in [0.25, 0.3) is 5.91 Å². The summed E-state index contributed by atoms with van der Waals surface area (Å²) < 4.78 is 38.0. The molecular weight excluding hydrogens is 431 g/mol. The van der Waals surface area contributed by atoms with Gasteiger partial charge in [0.05, 0.1) is 21.2 Å². The first kappa shape index (κ1) is 22.2. The number of aryl methyl sites for hydroxylation is 1. The fraction of sp³-hybridized carbons (Fsp3) is 0.333. The Morgan fingerprint density at radius 2 is 1.60 bits per heavy atom. The molecule has 1 heterocycles. The summed E-state index contributed by atoms with van der Waals surface area (Å²) in [6.45, 7) is 3.06. The molecule has 0 bridgehead atoms. The van der Waals surface area contributed by atoms with Crippen LogP contribution in [0.5, 0.6) is 0 Å². The van der Waals surface area contributed by atoms with Gasteiger partial charge in [-0.15, -0.1) is 0 Å². The van der Waals surface area contributed by atoms with E-state index < -0.39 is 15.7 Å². The van der Waals surface area contributed by atoms with E-state index in [1.165, 1.54) is 12.1 Å². The highest BCUT2D eigenvalue weighted by Crippen LogP contribution is 2.20. The largest absolute Gasteiger partial charge is 0.339 e. The molecule has 1 fully saturated rings. The van der Waals surface area contributed by atoms with Gasteiger partial charge in [0, 0.05) is 32.6 Å². The second-order valence-corrected chi connectivity index (χ2v) is 9.70. The van der Waals surface area contributed by atoms with E-state index in [9.17, 15) is 22.4 Å². The van der Waals surface area contributed by atoms with E-state index in [-0.39, 0.29) is 39.5 Å². The van der Waals surface area contributed by atoms with Gasteiger partial charge in [0.2, 0.25) is 5.91 Å². The number of hydrogen-bond acceptors (Lipinski definition) is 4. The van der Waals surface area contributed by atoms with Crippen molar-refractivity contribution in [3.8, 4) is 0 Å². The minimum Gasteiger partial charge on any atom is -0.339 e. The molecule has 1 aliphatic rings. The van der Waals surface area contributed by atoms with Crippen LogP contribution < -0.4 is 0 Å². The number of amides is 2. The van der Waals surface area contributed by atoms with Crippen LogP contribution in [0, 0.1) is 12.7 Å². The first-order valence-corrected chi connectivity index (χ1v) is 11.5. The van der Waals surface area contributed by atoms with Crippen molar-refractivity contribution in [1.82, 2.24) is 9.80 Å². The van der Waals surface area contributed by atoms with Crippen molar-refractivity contribution in [2.24, 2.45) is 0 Å². The van der Waals surface area contributed by atoms with Crippen LogP contribution in [-0.4, -0.2) is 62.0 Å². The maximum atomic E-state index is 13.2. The topological polar surface area (TPSA) is 74.8 Å². The van der Waals surface area contributed by atoms with E-state index in [1.54, 1.807) is 34.1 Å². The lowest BCUT2D eigenvalue weighted by Gasteiger charge is -2.35. The van der Waals surface area contributed by atoms with Crippen LogP contribution in [0.2, 0.25) is 5.02 Å². The number of halogens is 2. The smallest absolute Gasteiger partial charge is 0.255 e. The van der Waals surface area contributed by atoms with Crippen molar-refractivity contribution in [2.75, 3.05) is 31.9 Å². The predicted molar refractivity (Wildman–Crippen MR) is 112 cm³/mol. The molecular formula is C21H22ClFN2O4S. The van der Waals surface area contributed by atoms with Crippen molar-refractivity contribution in [2.45, 2.75) is 18.2 Å². The monoisotopic (exact) mass is 452 g/mol. The maximum Gasteiger partial charge on any atom is 0.255 e. The second kappa shape index (κ2) is 9.14. The number of carbonyl (C=O) groups excluding carboxylic acids is 2. The number of hydrogen-bond donors (Lipinski definition) is 0. The molecule has 2 amide bonds. The van der Waals surface area contributed by atoms with E-state index >= 15 is 0 Å². The van der Waals surface area contributed by atoms with Crippen LogP contribution >= 0.6 is 11.6 Å². The lowest BCUT2D eigenvalue weighted by atomic mass is 10.1. The molecule has 2 aromatic rings. The summed E-state index contributed by atoms with van der Waals surface area (Å²) in [5.74, 6) is -1.38. The average Bonchev–Trinajstić information content (AvgIpc) is 2.72. The minimum atomic E-state index is -3.54. The zero-order valence-electron chi connectivity index (χ0n) is 16.5. The molecule has 0 spiro atoms. The molecule has 0 saturated carbocycles. The Labute approximate surface area is 180 Å². The summed E-state index contributed by atoms with van der Waals surface area (Å²) in [5, 5.41) is 0.0415. The molecule has 0 N–H and O–H groups in total. The molecule has 0 aromatic heterocycles. The van der Waals surface area contributed by atoms with Gasteiger partial charge in [-0.2, -0.15) is 0 Å². The molecule has 1 aliphatic heterocycles. The van der Waals surface area contributed by atoms with Crippen molar-refractivity contribution in [3.05, 3.63) is 64.4 Å². The van der Waals surface area contributed by atoms with Crippen LogP contribution in [0.1, 0.15) is 22.3 Å². The number of piperazine rings is 1. The van der Waals surface area contributed by atoms with Crippen LogP contribution in [0.3, 0.4) is 0 Å². The number of benzene rings is 2. The summed E-state index contributed by atoms with van der Waals surface area (Å²) in [6.07, 6.45) is -0.117. The van der Waals surface area contributed by atoms with Crippen LogP contribution in [-0.2, 0) is 14.6 Å². The lowest BCUT2D eigenvalue weighted by Crippen LogP contribution is -2.50. The number of nitrogens with zero attached hydrogens (tertiary/aromatic N) is 2. The molecule has 6 nitrogen and oxygen atoms in total. The van der Waals surface area contributed by atoms with E-state index in [4.69, 9.17) is 11.6 Å². The third-order valence-electron chi connectivity index (χ3n) is 5.05. The van der Waals surface area contributed by atoms with Crippen LogP contribution in [0.4, 0.5) is 4.39 Å². The fourth-order valence-corrected chi connectivity index (χ4v) is 4.71. The highest BCUT2D eigenvalue weighted by atomic mass is 35.5. The van der Waals surface area contributed by atoms with E-state index in [2.05, 4.69) is 0 Å². The van der Waals surface area contributed by atoms with E-state index in [0.29, 0.717) is 26.2 Å². The van der Waals surface area contributed by atoms with Crippen LogP contribution in [0.15, 0.2) is 47.4 Å². The molecule has 0 radical (unpaired) electrons. The minimum absolute atomic E-state index is 0.0415. The molecule has 1 saturated heterocycles. The SMILES string of the molecule is Cc1ccc(S(=O)(=O)CCC(=O)N2CCN(C(=O)c3ccc(F)cc3Cl)CC2)cc1. The van der Waals surface area contributed by atoms with Crippen molar-refractivity contribution in [3.63, 3.8) is 0 Å². The Balaban J connectivity index is 1.54. The summed E-state index contributed by atoms with van der Waals surface area (Å²) in [6, 6.07) is 10.1. The van der Waals surface area contributed by atoms with Crippen LogP contribution in [0.25, 0.3) is 0 Å². The van der Waals surface area contributed by atoms with Gasteiger partial charge in [0.1, 0.15) is 5.82 Å². The van der Waals surface area contributed by atoms with Crippen molar-refractivity contribution in [1.29, 1.82) is 0 Å². The molecule has 0 unspecified atom stereocenters. The van der Waals surface area contributed by atoms with Gasteiger partial charge < -0.3 is 9.80 Å². The second-order valence-electron chi connectivity index (χ2n) is 7.18. The van der Waals surface area contributed by atoms with Gasteiger partial charge in [-0.1, -0.05) is 29.3 Å². The molecule has 2 aromatic carbocycles. The zero-order chi connectivity index (χ0) is 21.9. The summed E-state index contributed by atoms with van der Waals surface area (Å²) in [5.41, 5.74) is 1.17. The normalized spacial score (nSPS) is 14.6. The standard InChI is InChI=1S/C21H22ClFN2O4S/c1-15-2-5-17(6-3-15)30(28,29)13-8-20(26)24-9-11-25(12-10-24)21(27)18-7-4-16(23)14-19(18)22/h2-7,14H,8-13H2,1H3. The van der Waals surface area contributed by atoms with E-state index in [0.717, 1.165) is 11.6 Å². The van der Waals surface area contributed by atoms with Crippen molar-refractivity contribution < 1.29 is 22.4 Å². The van der Waals surface area contributed by atoms with Gasteiger partial charge in [-0.05, 0) is 37.3 Å². The highest BCUT2D eigenvalue weighted by molar-refractivity contribution is 7.91. The first-order valence-electron chi connectivity index (χ1n) is 9.49. The Hall–Kier alpha value is -2.45. The molecule has 0 atom stereocenters. The Morgan fingerprint density at radius 3 is 2.20 bits per heavy atom. The molecule has 0 aliphatic carbocycles. The lowest BCUT2D eigenvalue weighted by molar-refractivity contribution is -0.132. The predicted octanol–water partition coefficient (Wildman–Crippen LogP) is 2.94. The highest BCUT2D eigenvalue weighted by Gasteiger charge is 2.27. The molecule has 3 rings (SSSR count). The molecule has 160 valence electrons. The van der Waals surface area contributed by atoms with Crippen molar-refractivity contribution >= 4 is 33.3 Å². The van der Waals surface area contributed by atoms with Gasteiger partial charge in [0.15, 0.2) is 9.84 Å². The summed E-state index contributed by atoms with van der Waals surface area (Å²) >= 11 is 5.96. The quantitative estimate of drug-likeness (QED) is 0.699. The first-order chi connectivity index (χ1) is 14.2. The summed E-state index contributed by atoms with van der Waals surface area (Å²) in [4.78, 5) is 28.4. The average molecular weight is 453 g/mol. The number of rotatable bonds is 5. The maximum absolute atomic E-state index is 13.2. The number of carbonyl (C=O) groups is 2. The number of sulfone groups is 1. The molecule has 9 heteroatoms. The Bertz CT molecular complexity index is 1050. The third kappa shape index (κ3) is 5.17. The zero-order valence-corrected chi connectivity index (χ0v) is 18.0. The van der Waals surface area contributed by atoms with Gasteiger partial charge in [-0.25, -0.2) is 12.8 Å². The van der Waals surface area contributed by atoms with E-state index in [1.807, 2.05) is 6.92 Å². The third-order valence-corrected chi connectivity index (χ3v) is 7.09. The summed E-state index contributed by atoms with van der Waals surface area (Å²) in [7, 11) is -3.54.